The smallest absolute Gasteiger partial charge is 0.257 e. The molecule has 0 bridgehead atoms. The number of fused-ring (bicyclic) bond motifs is 1. The fourth-order valence-corrected chi connectivity index (χ4v) is 3.78. The maximum Gasteiger partial charge on any atom is 0.257 e. The van der Waals surface area contributed by atoms with Gasteiger partial charge in [0.25, 0.3) is 5.91 Å². The fraction of sp³-hybridized carbons (Fsp3) is 0. The summed E-state index contributed by atoms with van der Waals surface area (Å²) in [5.74, 6) is -0.229. The van der Waals surface area contributed by atoms with Crippen LogP contribution in [-0.2, 0) is 0 Å². The van der Waals surface area contributed by atoms with E-state index >= 15 is 0 Å². The molecule has 1 amide bonds. The molecule has 0 aliphatic heterocycles. The summed E-state index contributed by atoms with van der Waals surface area (Å²) in [7, 11) is 0. The van der Waals surface area contributed by atoms with Crippen LogP contribution in [0.15, 0.2) is 72.8 Å². The molecule has 3 aromatic carbocycles. The number of nitrogens with zero attached hydrogens (tertiary/aromatic N) is 1. The predicted molar refractivity (Wildman–Crippen MR) is 114 cm³/mol. The van der Waals surface area contributed by atoms with Crippen LogP contribution in [0.1, 0.15) is 20.9 Å². The van der Waals surface area contributed by atoms with Gasteiger partial charge in [-0.1, -0.05) is 54.1 Å². The van der Waals surface area contributed by atoms with E-state index < -0.39 is 0 Å². The van der Waals surface area contributed by atoms with Gasteiger partial charge in [0.05, 0.1) is 20.8 Å². The second kappa shape index (κ2) is 7.74. The maximum atomic E-state index is 12.4. The van der Waals surface area contributed by atoms with E-state index in [1.807, 2.05) is 54.6 Å². The maximum absolute atomic E-state index is 12.4. The van der Waals surface area contributed by atoms with Crippen molar-refractivity contribution >= 4 is 56.9 Å². The summed E-state index contributed by atoms with van der Waals surface area (Å²) in [6, 6.07) is 22.7. The van der Waals surface area contributed by atoms with Gasteiger partial charge < -0.3 is 5.32 Å². The largest absolute Gasteiger partial charge is 0.322 e. The summed E-state index contributed by atoms with van der Waals surface area (Å²) in [5.41, 5.74) is 3.15. The highest BCUT2D eigenvalue weighted by Gasteiger charge is 2.09. The molecule has 27 heavy (non-hydrogen) atoms. The van der Waals surface area contributed by atoms with E-state index in [0.717, 1.165) is 20.8 Å². The van der Waals surface area contributed by atoms with E-state index in [1.54, 1.807) is 35.6 Å². The normalized spacial score (nSPS) is 11.1. The lowest BCUT2D eigenvalue weighted by atomic mass is 10.1. The van der Waals surface area contributed by atoms with Crippen molar-refractivity contribution in [3.63, 3.8) is 0 Å². The van der Waals surface area contributed by atoms with Gasteiger partial charge in [0, 0.05) is 5.69 Å². The minimum Gasteiger partial charge on any atom is -0.322 e. The van der Waals surface area contributed by atoms with E-state index in [-0.39, 0.29) is 5.91 Å². The number of amides is 1. The van der Waals surface area contributed by atoms with Gasteiger partial charge in [0.15, 0.2) is 0 Å². The third-order valence-electron chi connectivity index (χ3n) is 3.99. The number of rotatable bonds is 4. The molecule has 0 atom stereocenters. The van der Waals surface area contributed by atoms with E-state index in [2.05, 4.69) is 16.4 Å². The average molecular weight is 391 g/mol. The number of carbonyl (C=O) groups excluding carboxylic acids is 1. The number of hydrogen-bond donors (Lipinski definition) is 1. The lowest BCUT2D eigenvalue weighted by Crippen LogP contribution is -2.12. The lowest BCUT2D eigenvalue weighted by molar-refractivity contribution is 0.102. The van der Waals surface area contributed by atoms with Gasteiger partial charge in [0.1, 0.15) is 5.01 Å². The minimum absolute atomic E-state index is 0.229. The van der Waals surface area contributed by atoms with Crippen LogP contribution in [0, 0.1) is 0 Å². The van der Waals surface area contributed by atoms with Crippen molar-refractivity contribution in [2.75, 3.05) is 5.32 Å². The Bertz CT molecular complexity index is 1120. The van der Waals surface area contributed by atoms with E-state index in [1.165, 1.54) is 0 Å². The fourth-order valence-electron chi connectivity index (χ4n) is 2.69. The summed E-state index contributed by atoms with van der Waals surface area (Å²) in [5, 5.41) is 4.27. The van der Waals surface area contributed by atoms with Gasteiger partial charge in [-0.2, -0.15) is 0 Å². The molecule has 5 heteroatoms. The number of para-hydroxylation sites is 1. The van der Waals surface area contributed by atoms with Crippen LogP contribution in [0.5, 0.6) is 0 Å². The molecule has 4 rings (SSSR count). The van der Waals surface area contributed by atoms with Crippen molar-refractivity contribution in [2.45, 2.75) is 0 Å². The molecular weight excluding hydrogens is 376 g/mol. The highest BCUT2D eigenvalue weighted by molar-refractivity contribution is 7.19. The molecule has 0 fully saturated rings. The molecule has 4 aromatic rings. The molecule has 3 nitrogen and oxygen atoms in total. The number of nitrogens with one attached hydrogen (secondary N) is 1. The second-order valence-corrected chi connectivity index (χ2v) is 7.38. The first-order valence-electron chi connectivity index (χ1n) is 8.39. The van der Waals surface area contributed by atoms with Crippen molar-refractivity contribution in [3.8, 4) is 0 Å². The summed E-state index contributed by atoms with van der Waals surface area (Å²) in [4.78, 5) is 17.0. The van der Waals surface area contributed by atoms with Crippen molar-refractivity contribution in [2.24, 2.45) is 0 Å². The summed E-state index contributed by atoms with van der Waals surface area (Å²) in [6.07, 6.45) is 3.97. The first-order valence-corrected chi connectivity index (χ1v) is 9.58. The average Bonchev–Trinajstić information content (AvgIpc) is 3.10. The van der Waals surface area contributed by atoms with Gasteiger partial charge in [-0.05, 0) is 48.0 Å². The summed E-state index contributed by atoms with van der Waals surface area (Å²) in [6.45, 7) is 0. The van der Waals surface area contributed by atoms with E-state index in [9.17, 15) is 4.79 Å². The number of hydrogen-bond acceptors (Lipinski definition) is 3. The minimum atomic E-state index is -0.229. The zero-order chi connectivity index (χ0) is 18.6. The Morgan fingerprint density at radius 1 is 0.963 bits per heavy atom. The Morgan fingerprint density at radius 3 is 2.63 bits per heavy atom. The van der Waals surface area contributed by atoms with Crippen LogP contribution >= 0.6 is 22.9 Å². The highest BCUT2D eigenvalue weighted by atomic mass is 35.5. The number of halogens is 1. The number of carbonyl (C=O) groups is 1. The van der Waals surface area contributed by atoms with Gasteiger partial charge in [-0.3, -0.25) is 4.79 Å². The quantitative estimate of drug-likeness (QED) is 0.439. The number of thiazole rings is 1. The molecule has 0 radical (unpaired) electrons. The molecule has 0 aliphatic carbocycles. The zero-order valence-electron chi connectivity index (χ0n) is 14.2. The van der Waals surface area contributed by atoms with E-state index in [0.29, 0.717) is 16.3 Å². The first kappa shape index (κ1) is 17.5. The molecule has 1 aromatic heterocycles. The third-order valence-corrected chi connectivity index (χ3v) is 5.32. The van der Waals surface area contributed by atoms with Crippen molar-refractivity contribution in [1.29, 1.82) is 0 Å². The molecule has 1 N–H and O–H groups in total. The molecule has 132 valence electrons. The van der Waals surface area contributed by atoms with Gasteiger partial charge >= 0.3 is 0 Å². The van der Waals surface area contributed by atoms with Crippen LogP contribution in [-0.4, -0.2) is 10.9 Å². The predicted octanol–water partition coefficient (Wildman–Crippen LogP) is 6.37. The summed E-state index contributed by atoms with van der Waals surface area (Å²) < 4.78 is 1.16. The van der Waals surface area contributed by atoms with Crippen LogP contribution < -0.4 is 5.32 Å². The van der Waals surface area contributed by atoms with Crippen LogP contribution in [0.2, 0.25) is 5.02 Å². The van der Waals surface area contributed by atoms with Crippen LogP contribution in [0.4, 0.5) is 5.69 Å². The Hall–Kier alpha value is -2.95. The van der Waals surface area contributed by atoms with Crippen molar-refractivity contribution < 1.29 is 4.79 Å². The van der Waals surface area contributed by atoms with Gasteiger partial charge in [-0.25, -0.2) is 4.98 Å². The molecule has 0 saturated carbocycles. The van der Waals surface area contributed by atoms with E-state index in [4.69, 9.17) is 11.6 Å². The first-order chi connectivity index (χ1) is 13.2. The molecule has 0 unspecified atom stereocenters. The molecule has 1 heterocycles. The van der Waals surface area contributed by atoms with Crippen LogP contribution in [0.25, 0.3) is 22.4 Å². The van der Waals surface area contributed by atoms with Crippen molar-refractivity contribution in [3.05, 3.63) is 94.0 Å². The standard InChI is InChI=1S/C22H15ClN2OS/c23-18-9-2-1-8-17(18)22(26)24-16-7-5-6-15(14-16)12-13-21-25-19-10-3-4-11-20(19)27-21/h1-14H,(H,24,26)/b13-12+. The number of anilines is 1. The van der Waals surface area contributed by atoms with Crippen molar-refractivity contribution in [1.82, 2.24) is 4.98 Å². The summed E-state index contributed by atoms with van der Waals surface area (Å²) >= 11 is 7.74. The lowest BCUT2D eigenvalue weighted by Gasteiger charge is -2.07. The van der Waals surface area contributed by atoms with Gasteiger partial charge in [0.2, 0.25) is 0 Å². The Morgan fingerprint density at radius 2 is 1.78 bits per heavy atom. The molecular formula is C22H15ClN2OS. The molecule has 0 aliphatic rings. The Kier molecular flexibility index (Phi) is 5.01. The SMILES string of the molecule is O=C(Nc1cccc(/C=C/c2nc3ccccc3s2)c1)c1ccccc1Cl. The molecule has 0 saturated heterocycles. The second-order valence-electron chi connectivity index (χ2n) is 5.91. The third kappa shape index (κ3) is 4.08. The Labute approximate surface area is 166 Å². The topological polar surface area (TPSA) is 42.0 Å². The van der Waals surface area contributed by atoms with Gasteiger partial charge in [-0.15, -0.1) is 11.3 Å². The number of aromatic nitrogens is 1. The molecule has 0 spiro atoms. The Balaban J connectivity index is 1.52. The zero-order valence-corrected chi connectivity index (χ0v) is 15.8. The highest BCUT2D eigenvalue weighted by Crippen LogP contribution is 2.24. The monoisotopic (exact) mass is 390 g/mol. The van der Waals surface area contributed by atoms with Crippen LogP contribution in [0.3, 0.4) is 0 Å². The number of benzene rings is 3.